The Balaban J connectivity index is 1.77. The van der Waals surface area contributed by atoms with E-state index in [0.29, 0.717) is 32.2 Å². The van der Waals surface area contributed by atoms with Gasteiger partial charge >= 0.3 is 11.9 Å². The van der Waals surface area contributed by atoms with E-state index in [1.54, 1.807) is 11.8 Å². The molecule has 1 amide bonds. The normalized spacial score (nSPS) is 17.8. The maximum absolute atomic E-state index is 13.7. The molecule has 1 aliphatic rings. The molecule has 1 heterocycles. The molecule has 3 rings (SSSR count). The fourth-order valence-corrected chi connectivity index (χ4v) is 4.53. The predicted octanol–water partition coefficient (Wildman–Crippen LogP) is 3.31. The highest BCUT2D eigenvalue weighted by atomic mass is 16.5. The number of ether oxygens (including phenoxy) is 2. The van der Waals surface area contributed by atoms with Crippen LogP contribution in [0.5, 0.6) is 0 Å². The number of carbonyl (C=O) groups is 3. The predicted molar refractivity (Wildman–Crippen MR) is 134 cm³/mol. The van der Waals surface area contributed by atoms with Crippen molar-refractivity contribution in [3.63, 3.8) is 0 Å². The SMILES string of the molecule is CCOC(=O)[C@H](CCc1ccccc1)N[C@H]1CCCCN([C@@H](Cc2ccccc2)C(=O)OC)C1=O. The molecule has 1 fully saturated rings. The Kier molecular flexibility index (Phi) is 10.3. The van der Waals surface area contributed by atoms with Crippen LogP contribution in [-0.4, -0.2) is 61.1 Å². The molecule has 35 heavy (non-hydrogen) atoms. The van der Waals surface area contributed by atoms with Gasteiger partial charge in [-0.05, 0) is 50.2 Å². The highest BCUT2D eigenvalue weighted by Gasteiger charge is 2.37. The zero-order valence-electron chi connectivity index (χ0n) is 20.7. The van der Waals surface area contributed by atoms with Gasteiger partial charge in [-0.2, -0.15) is 0 Å². The number of hydrogen-bond donors (Lipinski definition) is 1. The van der Waals surface area contributed by atoms with Crippen molar-refractivity contribution in [2.75, 3.05) is 20.3 Å². The number of benzene rings is 2. The van der Waals surface area contributed by atoms with Gasteiger partial charge in [-0.15, -0.1) is 0 Å². The van der Waals surface area contributed by atoms with Crippen molar-refractivity contribution in [2.24, 2.45) is 0 Å². The Morgan fingerprint density at radius 3 is 2.29 bits per heavy atom. The lowest BCUT2D eigenvalue weighted by molar-refractivity contribution is -0.154. The number of amides is 1. The van der Waals surface area contributed by atoms with E-state index in [0.717, 1.165) is 24.0 Å². The highest BCUT2D eigenvalue weighted by molar-refractivity contribution is 5.88. The number of aryl methyl sites for hydroxylation is 1. The lowest BCUT2D eigenvalue weighted by atomic mass is 10.0. The topological polar surface area (TPSA) is 84.9 Å². The second kappa shape index (κ2) is 13.6. The van der Waals surface area contributed by atoms with Crippen LogP contribution in [0.25, 0.3) is 0 Å². The van der Waals surface area contributed by atoms with Gasteiger partial charge in [0.1, 0.15) is 12.1 Å². The molecule has 0 radical (unpaired) electrons. The molecule has 2 aromatic carbocycles. The Hall–Kier alpha value is -3.19. The molecule has 1 aliphatic heterocycles. The first kappa shape index (κ1) is 26.4. The van der Waals surface area contributed by atoms with Crippen LogP contribution in [0.4, 0.5) is 0 Å². The number of rotatable bonds is 11. The van der Waals surface area contributed by atoms with Gasteiger partial charge in [0, 0.05) is 13.0 Å². The molecule has 7 nitrogen and oxygen atoms in total. The molecule has 0 saturated carbocycles. The van der Waals surface area contributed by atoms with E-state index < -0.39 is 24.1 Å². The summed E-state index contributed by atoms with van der Waals surface area (Å²) < 4.78 is 10.4. The molecular formula is C28H36N2O5. The molecule has 7 heteroatoms. The van der Waals surface area contributed by atoms with E-state index in [1.165, 1.54) is 7.11 Å². The van der Waals surface area contributed by atoms with Crippen LogP contribution < -0.4 is 5.32 Å². The van der Waals surface area contributed by atoms with E-state index in [1.807, 2.05) is 60.7 Å². The summed E-state index contributed by atoms with van der Waals surface area (Å²) in [5.41, 5.74) is 2.07. The molecular weight excluding hydrogens is 444 g/mol. The fourth-order valence-electron chi connectivity index (χ4n) is 4.53. The zero-order valence-corrected chi connectivity index (χ0v) is 20.7. The maximum Gasteiger partial charge on any atom is 0.328 e. The Bertz CT molecular complexity index is 950. The van der Waals surface area contributed by atoms with Crippen molar-refractivity contribution in [1.29, 1.82) is 0 Å². The second-order valence-corrected chi connectivity index (χ2v) is 8.80. The molecule has 0 unspecified atom stereocenters. The largest absolute Gasteiger partial charge is 0.467 e. The molecule has 0 bridgehead atoms. The minimum Gasteiger partial charge on any atom is -0.467 e. The van der Waals surface area contributed by atoms with Crippen LogP contribution in [0, 0.1) is 0 Å². The van der Waals surface area contributed by atoms with Crippen LogP contribution in [0.1, 0.15) is 43.7 Å². The van der Waals surface area contributed by atoms with Crippen LogP contribution >= 0.6 is 0 Å². The molecule has 2 aromatic rings. The van der Waals surface area contributed by atoms with Gasteiger partial charge in [0.05, 0.1) is 19.8 Å². The average molecular weight is 481 g/mol. The van der Waals surface area contributed by atoms with E-state index >= 15 is 0 Å². The van der Waals surface area contributed by atoms with Crippen LogP contribution in [0.2, 0.25) is 0 Å². The number of esters is 2. The summed E-state index contributed by atoms with van der Waals surface area (Å²) in [6, 6.07) is 17.6. The van der Waals surface area contributed by atoms with E-state index in [4.69, 9.17) is 9.47 Å². The standard InChI is InChI=1S/C28H36N2O5/c1-3-35-27(32)24(18-17-21-12-6-4-7-13-21)29-23-16-10-11-19-30(26(23)31)25(28(33)34-2)20-22-14-8-5-9-15-22/h4-9,12-15,23-25,29H,3,10-11,16-20H2,1-2H3/t23-,24-,25-/m0/s1. The number of nitrogens with one attached hydrogen (secondary N) is 1. The summed E-state index contributed by atoms with van der Waals surface area (Å²) in [6.45, 7) is 2.52. The third-order valence-electron chi connectivity index (χ3n) is 6.38. The average Bonchev–Trinajstić information content (AvgIpc) is 3.07. The summed E-state index contributed by atoms with van der Waals surface area (Å²) in [4.78, 5) is 40.8. The van der Waals surface area contributed by atoms with Crippen molar-refractivity contribution in [3.8, 4) is 0 Å². The van der Waals surface area contributed by atoms with Crippen molar-refractivity contribution in [1.82, 2.24) is 10.2 Å². The summed E-state index contributed by atoms with van der Waals surface area (Å²) in [6.07, 6.45) is 3.75. The van der Waals surface area contributed by atoms with Gasteiger partial charge in [0.25, 0.3) is 0 Å². The summed E-state index contributed by atoms with van der Waals surface area (Å²) in [5.74, 6) is -0.974. The van der Waals surface area contributed by atoms with Crippen molar-refractivity contribution in [2.45, 2.75) is 63.6 Å². The smallest absolute Gasteiger partial charge is 0.328 e. The lowest BCUT2D eigenvalue weighted by Crippen LogP contribution is -2.56. The molecule has 0 aliphatic carbocycles. The molecule has 0 spiro atoms. The Morgan fingerprint density at radius 2 is 1.66 bits per heavy atom. The quantitative estimate of drug-likeness (QED) is 0.497. The fraction of sp³-hybridized carbons (Fsp3) is 0.464. The minimum absolute atomic E-state index is 0.178. The molecule has 0 aromatic heterocycles. The van der Waals surface area contributed by atoms with E-state index in [-0.39, 0.29) is 18.5 Å². The lowest BCUT2D eigenvalue weighted by Gasteiger charge is -2.32. The first-order chi connectivity index (χ1) is 17.0. The molecule has 1 N–H and O–H groups in total. The van der Waals surface area contributed by atoms with Gasteiger partial charge in [0.15, 0.2) is 0 Å². The number of nitrogens with zero attached hydrogens (tertiary/aromatic N) is 1. The molecule has 1 saturated heterocycles. The Labute approximate surface area is 207 Å². The van der Waals surface area contributed by atoms with Gasteiger partial charge in [-0.3, -0.25) is 14.9 Å². The van der Waals surface area contributed by atoms with Crippen LogP contribution in [-0.2, 0) is 36.7 Å². The second-order valence-electron chi connectivity index (χ2n) is 8.80. The summed E-state index contributed by atoms with van der Waals surface area (Å²) in [5, 5.41) is 3.29. The number of likely N-dealkylation sites (tertiary alicyclic amines) is 1. The number of carbonyl (C=O) groups excluding carboxylic acids is 3. The van der Waals surface area contributed by atoms with Gasteiger partial charge in [-0.25, -0.2) is 4.79 Å². The summed E-state index contributed by atoms with van der Waals surface area (Å²) >= 11 is 0. The van der Waals surface area contributed by atoms with E-state index in [2.05, 4.69) is 5.32 Å². The third kappa shape index (κ3) is 7.65. The van der Waals surface area contributed by atoms with Gasteiger partial charge in [-0.1, -0.05) is 60.7 Å². The first-order valence-electron chi connectivity index (χ1n) is 12.4. The zero-order chi connectivity index (χ0) is 25.0. The number of hydrogen-bond acceptors (Lipinski definition) is 6. The Morgan fingerprint density at radius 1 is 1.00 bits per heavy atom. The van der Waals surface area contributed by atoms with Crippen molar-refractivity contribution >= 4 is 17.8 Å². The minimum atomic E-state index is -0.720. The van der Waals surface area contributed by atoms with Crippen molar-refractivity contribution < 1.29 is 23.9 Å². The highest BCUT2D eigenvalue weighted by Crippen LogP contribution is 2.20. The van der Waals surface area contributed by atoms with E-state index in [9.17, 15) is 14.4 Å². The van der Waals surface area contributed by atoms with Gasteiger partial charge < -0.3 is 14.4 Å². The molecule has 188 valence electrons. The van der Waals surface area contributed by atoms with Crippen molar-refractivity contribution in [3.05, 3.63) is 71.8 Å². The van der Waals surface area contributed by atoms with Crippen LogP contribution in [0.15, 0.2) is 60.7 Å². The first-order valence-corrected chi connectivity index (χ1v) is 12.4. The molecule has 3 atom stereocenters. The summed E-state index contributed by atoms with van der Waals surface area (Å²) in [7, 11) is 1.35. The maximum atomic E-state index is 13.7. The number of methoxy groups -OCH3 is 1. The van der Waals surface area contributed by atoms with Gasteiger partial charge in [0.2, 0.25) is 5.91 Å². The third-order valence-corrected chi connectivity index (χ3v) is 6.38. The van der Waals surface area contributed by atoms with Crippen LogP contribution in [0.3, 0.4) is 0 Å². The monoisotopic (exact) mass is 480 g/mol.